The SMILES string of the molecule is CCNC(=NCCOCC)NC1CCN(Cc2ccc(C(F)(F)F)cc2)C1.I. The number of benzene rings is 1. The second-order valence-electron chi connectivity index (χ2n) is 6.52. The molecule has 1 aliphatic rings. The Morgan fingerprint density at radius 1 is 1.25 bits per heavy atom. The number of likely N-dealkylation sites (tertiary alicyclic amines) is 1. The lowest BCUT2D eigenvalue weighted by atomic mass is 10.1. The van der Waals surface area contributed by atoms with E-state index in [1.807, 2.05) is 13.8 Å². The van der Waals surface area contributed by atoms with Crippen molar-refractivity contribution in [3.63, 3.8) is 0 Å². The van der Waals surface area contributed by atoms with Crippen molar-refractivity contribution in [3.05, 3.63) is 35.4 Å². The van der Waals surface area contributed by atoms with Crippen LogP contribution < -0.4 is 10.6 Å². The highest BCUT2D eigenvalue weighted by Gasteiger charge is 2.30. The van der Waals surface area contributed by atoms with Gasteiger partial charge in [0.05, 0.1) is 18.7 Å². The van der Waals surface area contributed by atoms with Crippen molar-refractivity contribution >= 4 is 29.9 Å². The van der Waals surface area contributed by atoms with E-state index in [1.165, 1.54) is 0 Å². The molecule has 1 aromatic carbocycles. The summed E-state index contributed by atoms with van der Waals surface area (Å²) in [6.07, 6.45) is -3.32. The third-order valence-electron chi connectivity index (χ3n) is 4.35. The second-order valence-corrected chi connectivity index (χ2v) is 6.52. The molecule has 1 fully saturated rings. The molecule has 0 amide bonds. The Bertz CT molecular complexity index is 596. The second kappa shape index (κ2) is 12.5. The van der Waals surface area contributed by atoms with Gasteiger partial charge in [0.25, 0.3) is 0 Å². The first-order chi connectivity index (χ1) is 12.9. The van der Waals surface area contributed by atoms with Crippen LogP contribution in [0, 0.1) is 0 Å². The molecule has 0 saturated carbocycles. The fourth-order valence-corrected chi connectivity index (χ4v) is 3.03. The summed E-state index contributed by atoms with van der Waals surface area (Å²) in [4.78, 5) is 6.74. The van der Waals surface area contributed by atoms with Gasteiger partial charge in [-0.15, -0.1) is 24.0 Å². The van der Waals surface area contributed by atoms with Gasteiger partial charge in [-0.2, -0.15) is 13.2 Å². The molecule has 0 bridgehead atoms. The Kier molecular flexibility index (Phi) is 11.1. The standard InChI is InChI=1S/C19H29F3N4O.HI/c1-3-23-18(24-10-12-27-4-2)25-17-9-11-26(14-17)13-15-5-7-16(8-6-15)19(20,21)22;/h5-8,17H,3-4,9-14H2,1-2H3,(H2,23,24,25);1H. The number of ether oxygens (including phenoxy) is 1. The zero-order valence-electron chi connectivity index (χ0n) is 16.4. The smallest absolute Gasteiger partial charge is 0.380 e. The van der Waals surface area contributed by atoms with Gasteiger partial charge in [-0.1, -0.05) is 12.1 Å². The first-order valence-electron chi connectivity index (χ1n) is 9.43. The maximum atomic E-state index is 12.6. The maximum Gasteiger partial charge on any atom is 0.416 e. The largest absolute Gasteiger partial charge is 0.416 e. The van der Waals surface area contributed by atoms with E-state index >= 15 is 0 Å². The number of guanidine groups is 1. The molecule has 0 spiro atoms. The number of halogens is 4. The summed E-state index contributed by atoms with van der Waals surface area (Å²) in [5.41, 5.74) is 0.284. The van der Waals surface area contributed by atoms with Crippen LogP contribution in [0.1, 0.15) is 31.4 Å². The van der Waals surface area contributed by atoms with E-state index in [9.17, 15) is 13.2 Å². The lowest BCUT2D eigenvalue weighted by molar-refractivity contribution is -0.137. The van der Waals surface area contributed by atoms with Crippen molar-refractivity contribution in [3.8, 4) is 0 Å². The summed E-state index contributed by atoms with van der Waals surface area (Å²) < 4.78 is 43.2. The van der Waals surface area contributed by atoms with E-state index in [0.29, 0.717) is 26.3 Å². The minimum atomic E-state index is -4.29. The van der Waals surface area contributed by atoms with E-state index < -0.39 is 11.7 Å². The number of nitrogens with one attached hydrogen (secondary N) is 2. The van der Waals surface area contributed by atoms with Crippen molar-refractivity contribution < 1.29 is 17.9 Å². The van der Waals surface area contributed by atoms with E-state index in [4.69, 9.17) is 4.74 Å². The van der Waals surface area contributed by atoms with Gasteiger partial charge in [0.15, 0.2) is 5.96 Å². The molecule has 1 saturated heterocycles. The highest BCUT2D eigenvalue weighted by atomic mass is 127. The molecule has 5 nitrogen and oxygen atoms in total. The van der Waals surface area contributed by atoms with Crippen LogP contribution in [0.25, 0.3) is 0 Å². The average Bonchev–Trinajstić information content (AvgIpc) is 3.05. The molecule has 160 valence electrons. The first kappa shape index (κ1) is 25.0. The van der Waals surface area contributed by atoms with Crippen LogP contribution in [0.3, 0.4) is 0 Å². The lowest BCUT2D eigenvalue weighted by Crippen LogP contribution is -2.44. The van der Waals surface area contributed by atoms with Crippen LogP contribution in [0.15, 0.2) is 29.3 Å². The van der Waals surface area contributed by atoms with Crippen LogP contribution >= 0.6 is 24.0 Å². The summed E-state index contributed by atoms with van der Waals surface area (Å²) in [7, 11) is 0. The van der Waals surface area contributed by atoms with Gasteiger partial charge in [-0.25, -0.2) is 0 Å². The zero-order chi connectivity index (χ0) is 19.7. The van der Waals surface area contributed by atoms with Gasteiger partial charge in [0.2, 0.25) is 0 Å². The highest BCUT2D eigenvalue weighted by Crippen LogP contribution is 2.29. The van der Waals surface area contributed by atoms with Gasteiger partial charge >= 0.3 is 6.18 Å². The normalized spacial score (nSPS) is 18.0. The quantitative estimate of drug-likeness (QED) is 0.242. The lowest BCUT2D eigenvalue weighted by Gasteiger charge is -2.19. The monoisotopic (exact) mass is 514 g/mol. The molecule has 1 unspecified atom stereocenters. The fraction of sp³-hybridized carbons (Fsp3) is 0.632. The summed E-state index contributed by atoms with van der Waals surface area (Å²) in [5, 5.41) is 6.66. The van der Waals surface area contributed by atoms with Crippen LogP contribution in [0.2, 0.25) is 0 Å². The van der Waals surface area contributed by atoms with Gasteiger partial charge in [0.1, 0.15) is 0 Å². The third-order valence-corrected chi connectivity index (χ3v) is 4.35. The molecule has 28 heavy (non-hydrogen) atoms. The maximum absolute atomic E-state index is 12.6. The summed E-state index contributed by atoms with van der Waals surface area (Å²) >= 11 is 0. The predicted molar refractivity (Wildman–Crippen MR) is 116 cm³/mol. The van der Waals surface area contributed by atoms with E-state index in [2.05, 4.69) is 20.5 Å². The summed E-state index contributed by atoms with van der Waals surface area (Å²) in [6.45, 7) is 9.01. The van der Waals surface area contributed by atoms with Crippen molar-refractivity contribution in [2.24, 2.45) is 4.99 Å². The molecule has 2 rings (SSSR count). The number of hydrogen-bond acceptors (Lipinski definition) is 3. The predicted octanol–water partition coefficient (Wildman–Crippen LogP) is 3.49. The van der Waals surface area contributed by atoms with Crippen molar-refractivity contribution in [1.82, 2.24) is 15.5 Å². The molecular weight excluding hydrogens is 484 g/mol. The van der Waals surface area contributed by atoms with Crippen LogP contribution in [-0.2, 0) is 17.5 Å². The molecule has 0 aliphatic carbocycles. The first-order valence-corrected chi connectivity index (χ1v) is 9.43. The Balaban J connectivity index is 0.00000392. The fourth-order valence-electron chi connectivity index (χ4n) is 3.03. The van der Waals surface area contributed by atoms with Gasteiger partial charge in [-0.3, -0.25) is 9.89 Å². The number of alkyl halides is 3. The summed E-state index contributed by atoms with van der Waals surface area (Å²) in [5.74, 6) is 0.776. The van der Waals surface area contributed by atoms with Crippen LogP contribution in [-0.4, -0.2) is 56.3 Å². The summed E-state index contributed by atoms with van der Waals surface area (Å²) in [6, 6.07) is 5.68. The molecule has 1 atom stereocenters. The Morgan fingerprint density at radius 2 is 1.96 bits per heavy atom. The Hall–Kier alpha value is -1.07. The molecule has 2 N–H and O–H groups in total. The van der Waals surface area contributed by atoms with Crippen molar-refractivity contribution in [2.75, 3.05) is 39.4 Å². The van der Waals surface area contributed by atoms with Crippen molar-refractivity contribution in [2.45, 2.75) is 39.0 Å². The topological polar surface area (TPSA) is 48.9 Å². The highest BCUT2D eigenvalue weighted by molar-refractivity contribution is 14.0. The number of nitrogens with zero attached hydrogens (tertiary/aromatic N) is 2. The molecule has 0 radical (unpaired) electrons. The minimum absolute atomic E-state index is 0. The van der Waals surface area contributed by atoms with E-state index in [-0.39, 0.29) is 30.0 Å². The van der Waals surface area contributed by atoms with Gasteiger partial charge < -0.3 is 15.4 Å². The number of aliphatic imine (C=N–C) groups is 1. The Morgan fingerprint density at radius 3 is 2.57 bits per heavy atom. The molecule has 1 heterocycles. The molecule has 1 aliphatic heterocycles. The number of hydrogen-bond donors (Lipinski definition) is 2. The Labute approximate surface area is 182 Å². The van der Waals surface area contributed by atoms with Crippen molar-refractivity contribution in [1.29, 1.82) is 0 Å². The zero-order valence-corrected chi connectivity index (χ0v) is 18.7. The molecular formula is C19H30F3IN4O. The number of rotatable bonds is 8. The minimum Gasteiger partial charge on any atom is -0.380 e. The van der Waals surface area contributed by atoms with Gasteiger partial charge in [0, 0.05) is 38.8 Å². The van der Waals surface area contributed by atoms with Crippen LogP contribution in [0.4, 0.5) is 13.2 Å². The van der Waals surface area contributed by atoms with E-state index in [0.717, 1.165) is 49.7 Å². The molecule has 1 aromatic rings. The molecule has 9 heteroatoms. The van der Waals surface area contributed by atoms with E-state index in [1.54, 1.807) is 12.1 Å². The van der Waals surface area contributed by atoms with Gasteiger partial charge in [-0.05, 0) is 38.0 Å². The van der Waals surface area contributed by atoms with Crippen LogP contribution in [0.5, 0.6) is 0 Å². The average molecular weight is 514 g/mol. The molecule has 0 aromatic heterocycles. The third kappa shape index (κ3) is 8.52.